The third kappa shape index (κ3) is 3.80. The summed E-state index contributed by atoms with van der Waals surface area (Å²) in [6.45, 7) is 0.627. The molecule has 0 aliphatic rings. The number of ether oxygens (including phenoxy) is 2. The van der Waals surface area contributed by atoms with E-state index in [1.54, 1.807) is 20.4 Å². The number of rotatable bonds is 7. The highest BCUT2D eigenvalue weighted by Gasteiger charge is 2.13. The lowest BCUT2D eigenvalue weighted by Crippen LogP contribution is -2.05. The number of hydrogen-bond donors (Lipinski definition) is 2. The van der Waals surface area contributed by atoms with E-state index in [-0.39, 0.29) is 0 Å². The predicted molar refractivity (Wildman–Crippen MR) is 115 cm³/mol. The summed E-state index contributed by atoms with van der Waals surface area (Å²) in [5, 5.41) is 6.51. The molecule has 0 saturated heterocycles. The molecule has 2 aromatic heterocycles. The summed E-state index contributed by atoms with van der Waals surface area (Å²) in [5.74, 6) is 2.95. The van der Waals surface area contributed by atoms with Gasteiger partial charge in [0.05, 0.1) is 32.5 Å². The first-order chi connectivity index (χ1) is 14.2. The summed E-state index contributed by atoms with van der Waals surface area (Å²) in [4.78, 5) is 9.15. The minimum Gasteiger partial charge on any atom is -0.493 e. The zero-order chi connectivity index (χ0) is 20.2. The molecule has 0 bridgehead atoms. The van der Waals surface area contributed by atoms with Crippen LogP contribution in [0.2, 0.25) is 0 Å². The summed E-state index contributed by atoms with van der Waals surface area (Å²) < 4.78 is 12.9. The Labute approximate surface area is 169 Å². The Morgan fingerprint density at radius 2 is 1.76 bits per heavy atom. The van der Waals surface area contributed by atoms with Crippen LogP contribution in [0.5, 0.6) is 11.5 Å². The van der Waals surface area contributed by atoms with Gasteiger partial charge in [0.1, 0.15) is 11.3 Å². The molecule has 0 fully saturated rings. The van der Waals surface area contributed by atoms with Gasteiger partial charge in [-0.1, -0.05) is 24.3 Å². The molecular weight excluding hydrogens is 366 g/mol. The molecule has 0 radical (unpaired) electrons. The quantitative estimate of drug-likeness (QED) is 0.491. The predicted octanol–water partition coefficient (Wildman–Crippen LogP) is 4.28. The monoisotopic (exact) mass is 389 g/mol. The molecule has 7 nitrogen and oxygen atoms in total. The van der Waals surface area contributed by atoms with Gasteiger partial charge in [-0.25, -0.2) is 9.97 Å². The smallest absolute Gasteiger partial charge is 0.203 e. The van der Waals surface area contributed by atoms with E-state index in [4.69, 9.17) is 9.47 Å². The van der Waals surface area contributed by atoms with Crippen LogP contribution in [0.3, 0.4) is 0 Å². The summed E-state index contributed by atoms with van der Waals surface area (Å²) in [5.41, 5.74) is 3.87. The fourth-order valence-corrected chi connectivity index (χ4v) is 3.28. The van der Waals surface area contributed by atoms with Gasteiger partial charge in [-0.15, -0.1) is 0 Å². The van der Waals surface area contributed by atoms with E-state index in [1.807, 2.05) is 61.6 Å². The van der Waals surface area contributed by atoms with E-state index in [1.165, 1.54) is 0 Å². The van der Waals surface area contributed by atoms with Gasteiger partial charge >= 0.3 is 0 Å². The van der Waals surface area contributed by atoms with Crippen molar-refractivity contribution in [3.05, 3.63) is 66.4 Å². The average Bonchev–Trinajstić information content (AvgIpc) is 3.11. The minimum absolute atomic E-state index is 0.627. The van der Waals surface area contributed by atoms with Gasteiger partial charge in [0.2, 0.25) is 5.95 Å². The third-order valence-corrected chi connectivity index (χ3v) is 4.69. The molecule has 0 aliphatic carbocycles. The average molecular weight is 389 g/mol. The summed E-state index contributed by atoms with van der Waals surface area (Å²) >= 11 is 0. The van der Waals surface area contributed by atoms with E-state index < -0.39 is 0 Å². The van der Waals surface area contributed by atoms with Crippen LogP contribution < -0.4 is 20.1 Å². The van der Waals surface area contributed by atoms with Gasteiger partial charge in [0.15, 0.2) is 11.5 Å². The lowest BCUT2D eigenvalue weighted by Gasteiger charge is -2.12. The van der Waals surface area contributed by atoms with Crippen LogP contribution in [0.4, 0.5) is 17.5 Å². The summed E-state index contributed by atoms with van der Waals surface area (Å²) in [7, 11) is 5.14. The van der Waals surface area contributed by atoms with Gasteiger partial charge in [0, 0.05) is 18.8 Å². The van der Waals surface area contributed by atoms with E-state index >= 15 is 0 Å². The first-order valence-electron chi connectivity index (χ1n) is 9.29. The lowest BCUT2D eigenvalue weighted by molar-refractivity contribution is 0.354. The van der Waals surface area contributed by atoms with Crippen molar-refractivity contribution in [1.82, 2.24) is 14.5 Å². The Morgan fingerprint density at radius 3 is 2.48 bits per heavy atom. The Balaban J connectivity index is 1.71. The van der Waals surface area contributed by atoms with Crippen molar-refractivity contribution in [3.63, 3.8) is 0 Å². The van der Waals surface area contributed by atoms with E-state index in [9.17, 15) is 0 Å². The van der Waals surface area contributed by atoms with Crippen LogP contribution in [0.1, 0.15) is 5.56 Å². The SMILES string of the molecule is CNc1nc2cnc(Nc3ccccc3)cc2n1Cc1ccc(OC)c(OC)c1. The second kappa shape index (κ2) is 8.10. The topological polar surface area (TPSA) is 73.2 Å². The number of para-hydroxylation sites is 1. The number of benzene rings is 2. The first-order valence-corrected chi connectivity index (χ1v) is 9.29. The van der Waals surface area contributed by atoms with Crippen molar-refractivity contribution in [2.45, 2.75) is 6.54 Å². The van der Waals surface area contributed by atoms with Crippen molar-refractivity contribution < 1.29 is 9.47 Å². The van der Waals surface area contributed by atoms with Gasteiger partial charge in [-0.2, -0.15) is 0 Å². The molecular formula is C22H23N5O2. The van der Waals surface area contributed by atoms with Crippen molar-refractivity contribution in [3.8, 4) is 11.5 Å². The second-order valence-corrected chi connectivity index (χ2v) is 6.51. The van der Waals surface area contributed by atoms with Crippen LogP contribution in [0, 0.1) is 0 Å². The zero-order valence-corrected chi connectivity index (χ0v) is 16.6. The molecule has 0 unspecified atom stereocenters. The number of hydrogen-bond acceptors (Lipinski definition) is 6. The Bertz CT molecular complexity index is 1120. The normalized spacial score (nSPS) is 10.7. The fraction of sp³-hybridized carbons (Fsp3) is 0.182. The number of nitrogens with zero attached hydrogens (tertiary/aromatic N) is 3. The maximum Gasteiger partial charge on any atom is 0.203 e. The molecule has 0 atom stereocenters. The largest absolute Gasteiger partial charge is 0.493 e. The Morgan fingerprint density at radius 1 is 0.966 bits per heavy atom. The van der Waals surface area contributed by atoms with Crippen LogP contribution in [0.25, 0.3) is 11.0 Å². The molecule has 0 aliphatic heterocycles. The van der Waals surface area contributed by atoms with Crippen LogP contribution in [-0.4, -0.2) is 35.8 Å². The zero-order valence-electron chi connectivity index (χ0n) is 16.6. The Hall–Kier alpha value is -3.74. The molecule has 2 heterocycles. The number of pyridine rings is 1. The fourth-order valence-electron chi connectivity index (χ4n) is 3.28. The molecule has 29 heavy (non-hydrogen) atoms. The highest BCUT2D eigenvalue weighted by Crippen LogP contribution is 2.29. The number of aromatic nitrogens is 3. The molecule has 2 N–H and O–H groups in total. The minimum atomic E-state index is 0.627. The number of fused-ring (bicyclic) bond motifs is 1. The van der Waals surface area contributed by atoms with Crippen molar-refractivity contribution >= 4 is 28.5 Å². The standard InChI is InChI=1S/C22H23N5O2/c1-23-22-26-17-13-24-21(25-16-7-5-4-6-8-16)12-18(17)27(22)14-15-9-10-19(28-2)20(11-15)29-3/h4-13H,14H2,1-3H3,(H,23,26)(H,24,25). The number of nitrogens with one attached hydrogen (secondary N) is 2. The van der Waals surface area contributed by atoms with Gasteiger partial charge < -0.3 is 24.7 Å². The maximum absolute atomic E-state index is 5.44. The summed E-state index contributed by atoms with van der Waals surface area (Å²) in [6.07, 6.45) is 1.78. The Kier molecular flexibility index (Phi) is 5.20. The molecule has 0 spiro atoms. The molecule has 7 heteroatoms. The van der Waals surface area contributed by atoms with Crippen LogP contribution >= 0.6 is 0 Å². The highest BCUT2D eigenvalue weighted by atomic mass is 16.5. The molecule has 4 aromatic rings. The van der Waals surface area contributed by atoms with Crippen molar-refractivity contribution in [1.29, 1.82) is 0 Å². The van der Waals surface area contributed by atoms with Gasteiger partial charge in [-0.3, -0.25) is 0 Å². The van der Waals surface area contributed by atoms with Crippen LogP contribution in [0.15, 0.2) is 60.8 Å². The summed E-state index contributed by atoms with van der Waals surface area (Å²) in [6, 6.07) is 17.9. The van der Waals surface area contributed by atoms with Crippen molar-refractivity contribution in [2.75, 3.05) is 31.9 Å². The van der Waals surface area contributed by atoms with Gasteiger partial charge in [-0.05, 0) is 29.8 Å². The van der Waals surface area contributed by atoms with E-state index in [0.717, 1.165) is 34.1 Å². The molecule has 2 aromatic carbocycles. The number of methoxy groups -OCH3 is 2. The lowest BCUT2D eigenvalue weighted by atomic mass is 10.2. The highest BCUT2D eigenvalue weighted by molar-refractivity contribution is 5.81. The maximum atomic E-state index is 5.44. The number of imidazole rings is 1. The van der Waals surface area contributed by atoms with Crippen LogP contribution in [-0.2, 0) is 6.54 Å². The third-order valence-electron chi connectivity index (χ3n) is 4.69. The molecule has 148 valence electrons. The number of anilines is 3. The van der Waals surface area contributed by atoms with E-state index in [2.05, 4.69) is 25.2 Å². The second-order valence-electron chi connectivity index (χ2n) is 6.51. The van der Waals surface area contributed by atoms with Gasteiger partial charge in [0.25, 0.3) is 0 Å². The first kappa shape index (κ1) is 18.6. The van der Waals surface area contributed by atoms with E-state index in [0.29, 0.717) is 18.0 Å². The van der Waals surface area contributed by atoms with Crippen molar-refractivity contribution in [2.24, 2.45) is 0 Å². The molecule has 0 saturated carbocycles. The molecule has 4 rings (SSSR count). The molecule has 0 amide bonds.